The minimum Gasteiger partial charge on any atom is -0.435 e. The Kier molecular flexibility index (Phi) is 8.84. The molecule has 0 rings (SSSR count). The summed E-state index contributed by atoms with van der Waals surface area (Å²) >= 11 is 0. The van der Waals surface area contributed by atoms with Crippen LogP contribution in [0.3, 0.4) is 0 Å². The number of rotatable bonds is 1. The Morgan fingerprint density at radius 3 is 2.29 bits per heavy atom. The first-order valence-electron chi connectivity index (χ1n) is 1.55. The summed E-state index contributed by atoms with van der Waals surface area (Å²) in [6, 6.07) is 0. The van der Waals surface area contributed by atoms with Gasteiger partial charge in [0.1, 0.15) is 0 Å². The standard InChI is InChI=1S/C4H6O2.Bi/c1-3-6-4(2)5;/h3H,1H2,2H3;. The molecular weight excluding hydrogens is 289 g/mol. The molecule has 0 aliphatic rings. The van der Waals surface area contributed by atoms with Crippen molar-refractivity contribution >= 4 is 32.2 Å². The van der Waals surface area contributed by atoms with Crippen molar-refractivity contribution in [2.24, 2.45) is 0 Å². The van der Waals surface area contributed by atoms with E-state index in [4.69, 9.17) is 0 Å². The van der Waals surface area contributed by atoms with E-state index in [0.717, 1.165) is 6.26 Å². The number of carbonyl (C=O) groups excluding carboxylic acids is 1. The Balaban J connectivity index is 0. The first kappa shape index (κ1) is 10.2. The SMILES string of the molecule is C=COC(C)=O.[Bi]. The summed E-state index contributed by atoms with van der Waals surface area (Å²) in [5.41, 5.74) is 0. The Morgan fingerprint density at radius 2 is 2.29 bits per heavy atom. The maximum absolute atomic E-state index is 9.75. The first-order chi connectivity index (χ1) is 2.77. The van der Waals surface area contributed by atoms with Crippen LogP contribution >= 0.6 is 0 Å². The Labute approximate surface area is 61.7 Å². The third kappa shape index (κ3) is 10.7. The summed E-state index contributed by atoms with van der Waals surface area (Å²) in [4.78, 5) is 9.75. The number of esters is 1. The molecule has 0 N–H and O–H groups in total. The van der Waals surface area contributed by atoms with Gasteiger partial charge in [0.2, 0.25) is 0 Å². The molecule has 0 saturated carbocycles. The second-order valence-electron chi connectivity index (χ2n) is 0.776. The smallest absolute Gasteiger partial charge is 0.307 e. The van der Waals surface area contributed by atoms with E-state index in [1.54, 1.807) is 0 Å². The molecule has 0 fully saturated rings. The first-order valence-corrected chi connectivity index (χ1v) is 1.55. The van der Waals surface area contributed by atoms with Gasteiger partial charge >= 0.3 is 5.97 Å². The average Bonchev–Trinajstić information content (AvgIpc) is 1.35. The molecule has 0 heterocycles. The van der Waals surface area contributed by atoms with E-state index < -0.39 is 0 Å². The molecule has 0 atom stereocenters. The molecule has 3 heteroatoms. The predicted molar refractivity (Wildman–Crippen MR) is 27.7 cm³/mol. The van der Waals surface area contributed by atoms with E-state index in [1.165, 1.54) is 6.92 Å². The van der Waals surface area contributed by atoms with Crippen LogP contribution < -0.4 is 0 Å². The van der Waals surface area contributed by atoms with Gasteiger partial charge in [-0.2, -0.15) is 0 Å². The molecule has 3 radical (unpaired) electrons. The topological polar surface area (TPSA) is 26.3 Å². The Morgan fingerprint density at radius 1 is 1.86 bits per heavy atom. The van der Waals surface area contributed by atoms with Crippen molar-refractivity contribution in [2.75, 3.05) is 0 Å². The zero-order valence-corrected chi connectivity index (χ0v) is 7.53. The van der Waals surface area contributed by atoms with Crippen LogP contribution in [0.2, 0.25) is 0 Å². The van der Waals surface area contributed by atoms with Gasteiger partial charge in [-0.25, -0.2) is 0 Å². The van der Waals surface area contributed by atoms with E-state index in [0.29, 0.717) is 0 Å². The molecule has 2 nitrogen and oxygen atoms in total. The second-order valence-corrected chi connectivity index (χ2v) is 0.776. The van der Waals surface area contributed by atoms with Crippen molar-refractivity contribution in [2.45, 2.75) is 6.92 Å². The van der Waals surface area contributed by atoms with Gasteiger partial charge < -0.3 is 4.74 Å². The van der Waals surface area contributed by atoms with E-state index in [-0.39, 0.29) is 32.2 Å². The zero-order valence-electron chi connectivity index (χ0n) is 4.05. The normalized spacial score (nSPS) is 5.86. The summed E-state index contributed by atoms with van der Waals surface area (Å²) in [6.45, 7) is 4.48. The molecule has 0 unspecified atom stereocenters. The quantitative estimate of drug-likeness (QED) is 0.395. The van der Waals surface area contributed by atoms with Gasteiger partial charge in [-0.05, 0) is 0 Å². The third-order valence-corrected chi connectivity index (χ3v) is 0.249. The predicted octanol–water partition coefficient (Wildman–Crippen LogP) is 0.312. The van der Waals surface area contributed by atoms with Crippen molar-refractivity contribution in [1.29, 1.82) is 0 Å². The maximum Gasteiger partial charge on any atom is 0.307 e. The Hall–Kier alpha value is 0.0931. The number of carbonyl (C=O) groups is 1. The van der Waals surface area contributed by atoms with Gasteiger partial charge in [0, 0.05) is 33.1 Å². The largest absolute Gasteiger partial charge is 0.435 e. The van der Waals surface area contributed by atoms with E-state index in [9.17, 15) is 4.79 Å². The summed E-state index contributed by atoms with van der Waals surface area (Å²) < 4.78 is 4.17. The molecule has 0 aromatic carbocycles. The molecule has 0 aromatic heterocycles. The monoisotopic (exact) mass is 295 g/mol. The molecule has 0 amide bonds. The van der Waals surface area contributed by atoms with Crippen LogP contribution in [0, 0.1) is 0 Å². The molecule has 0 aromatic rings. The van der Waals surface area contributed by atoms with Gasteiger partial charge in [0.15, 0.2) is 0 Å². The minimum absolute atomic E-state index is 0. The van der Waals surface area contributed by atoms with Crippen LogP contribution in [0.15, 0.2) is 12.8 Å². The number of hydrogen-bond donors (Lipinski definition) is 0. The maximum atomic E-state index is 9.75. The van der Waals surface area contributed by atoms with Crippen LogP contribution in [-0.4, -0.2) is 32.2 Å². The van der Waals surface area contributed by atoms with Crippen molar-refractivity contribution in [3.8, 4) is 0 Å². The minimum atomic E-state index is -0.329. The van der Waals surface area contributed by atoms with Crippen molar-refractivity contribution in [3.63, 3.8) is 0 Å². The third-order valence-electron chi connectivity index (χ3n) is 0.249. The van der Waals surface area contributed by atoms with Gasteiger partial charge in [0.05, 0.1) is 6.26 Å². The van der Waals surface area contributed by atoms with E-state index in [1.807, 2.05) is 0 Å². The van der Waals surface area contributed by atoms with Crippen LogP contribution in [0.25, 0.3) is 0 Å². The van der Waals surface area contributed by atoms with E-state index in [2.05, 4.69) is 11.3 Å². The molecular formula is C4H6BiO2. The fourth-order valence-corrected chi connectivity index (χ4v) is 0.117. The van der Waals surface area contributed by atoms with Gasteiger partial charge in [-0.1, -0.05) is 6.58 Å². The second kappa shape index (κ2) is 6.09. The van der Waals surface area contributed by atoms with Crippen LogP contribution in [0.1, 0.15) is 6.92 Å². The molecule has 7 heavy (non-hydrogen) atoms. The van der Waals surface area contributed by atoms with Gasteiger partial charge in [-0.3, -0.25) is 4.79 Å². The van der Waals surface area contributed by atoms with Gasteiger partial charge in [0.25, 0.3) is 0 Å². The van der Waals surface area contributed by atoms with Crippen LogP contribution in [0.5, 0.6) is 0 Å². The number of hydrogen-bond acceptors (Lipinski definition) is 2. The average molecular weight is 295 g/mol. The molecule has 0 aliphatic heterocycles. The van der Waals surface area contributed by atoms with Crippen LogP contribution in [0.4, 0.5) is 0 Å². The molecule has 0 saturated heterocycles. The van der Waals surface area contributed by atoms with Crippen molar-refractivity contribution in [3.05, 3.63) is 12.8 Å². The Bertz CT molecular complexity index is 70.1. The summed E-state index contributed by atoms with van der Waals surface area (Å²) in [5.74, 6) is -0.329. The van der Waals surface area contributed by atoms with Crippen molar-refractivity contribution in [1.82, 2.24) is 0 Å². The molecule has 0 aliphatic carbocycles. The van der Waals surface area contributed by atoms with Gasteiger partial charge in [-0.15, -0.1) is 0 Å². The van der Waals surface area contributed by atoms with E-state index >= 15 is 0 Å². The zero-order chi connectivity index (χ0) is 4.99. The summed E-state index contributed by atoms with van der Waals surface area (Å²) in [6.07, 6.45) is 1.10. The van der Waals surface area contributed by atoms with Crippen molar-refractivity contribution < 1.29 is 9.53 Å². The fourth-order valence-electron chi connectivity index (χ4n) is 0.117. The molecule has 0 spiro atoms. The molecule has 39 valence electrons. The fraction of sp³-hybridized carbons (Fsp3) is 0.250. The number of ether oxygens (including phenoxy) is 1. The summed E-state index contributed by atoms with van der Waals surface area (Å²) in [5, 5.41) is 0. The van der Waals surface area contributed by atoms with Crippen LogP contribution in [-0.2, 0) is 9.53 Å². The summed E-state index contributed by atoms with van der Waals surface area (Å²) in [7, 11) is 0. The molecule has 0 bridgehead atoms.